The smallest absolute Gasteiger partial charge is 0.272 e. The number of nitrogens with zero attached hydrogens (tertiary/aromatic N) is 1. The van der Waals surface area contributed by atoms with E-state index in [-0.39, 0.29) is 17.8 Å². The van der Waals surface area contributed by atoms with Gasteiger partial charge in [-0.15, -0.1) is 0 Å². The van der Waals surface area contributed by atoms with Crippen molar-refractivity contribution in [3.63, 3.8) is 0 Å². The third kappa shape index (κ3) is 2.95. The number of hydrogen-bond acceptors (Lipinski definition) is 3. The van der Waals surface area contributed by atoms with Crippen LogP contribution in [-0.2, 0) is 6.54 Å². The Labute approximate surface area is 107 Å². The van der Waals surface area contributed by atoms with Crippen LogP contribution in [0.25, 0.3) is 0 Å². The lowest BCUT2D eigenvalue weighted by molar-refractivity contribution is -0.385. The first-order valence-corrected chi connectivity index (χ1v) is 5.42. The van der Waals surface area contributed by atoms with Crippen molar-refractivity contribution in [3.8, 4) is 0 Å². The molecule has 1 amide bonds. The summed E-state index contributed by atoms with van der Waals surface area (Å²) in [5, 5.41) is 13.0. The molecule has 0 saturated heterocycles. The predicted molar refractivity (Wildman–Crippen MR) is 65.0 cm³/mol. The molecular weight excluding hydrogens is 253 g/mol. The number of aromatic amines is 1. The Balaban J connectivity index is 2.09. The molecule has 0 saturated carbocycles. The molecule has 7 heteroatoms. The van der Waals surface area contributed by atoms with Gasteiger partial charge in [-0.3, -0.25) is 14.9 Å². The Bertz CT molecular complexity index is 611. The first kappa shape index (κ1) is 12.7. The van der Waals surface area contributed by atoms with Crippen LogP contribution in [0.2, 0.25) is 0 Å². The van der Waals surface area contributed by atoms with Gasteiger partial charge in [0.15, 0.2) is 0 Å². The van der Waals surface area contributed by atoms with Gasteiger partial charge in [0, 0.05) is 25.0 Å². The second-order valence-electron chi connectivity index (χ2n) is 3.82. The fraction of sp³-hybridized carbons (Fsp3) is 0.0833. The molecule has 0 bridgehead atoms. The highest BCUT2D eigenvalue weighted by atomic mass is 19.1. The van der Waals surface area contributed by atoms with Gasteiger partial charge in [-0.1, -0.05) is 0 Å². The number of halogens is 1. The molecule has 0 spiro atoms. The number of nitrogens with one attached hydrogen (secondary N) is 2. The van der Waals surface area contributed by atoms with Crippen molar-refractivity contribution in [2.24, 2.45) is 0 Å². The molecule has 0 aliphatic heterocycles. The second kappa shape index (κ2) is 5.30. The molecular formula is C12H10FN3O3. The normalized spacial score (nSPS) is 10.2. The summed E-state index contributed by atoms with van der Waals surface area (Å²) in [5.74, 6) is -1.53. The van der Waals surface area contributed by atoms with Crippen LogP contribution in [0.5, 0.6) is 0 Å². The Morgan fingerprint density at radius 3 is 2.79 bits per heavy atom. The lowest BCUT2D eigenvalue weighted by atomic mass is 10.1. The Morgan fingerprint density at radius 1 is 1.42 bits per heavy atom. The summed E-state index contributed by atoms with van der Waals surface area (Å²) in [6.07, 6.45) is 3.40. The quantitative estimate of drug-likeness (QED) is 0.653. The third-order valence-corrected chi connectivity index (χ3v) is 2.52. The maximum Gasteiger partial charge on any atom is 0.272 e. The summed E-state index contributed by atoms with van der Waals surface area (Å²) in [4.78, 5) is 24.3. The van der Waals surface area contributed by atoms with E-state index in [1.54, 1.807) is 18.5 Å². The molecule has 0 atom stereocenters. The van der Waals surface area contributed by atoms with Crippen molar-refractivity contribution < 1.29 is 14.1 Å². The van der Waals surface area contributed by atoms with E-state index in [2.05, 4.69) is 10.3 Å². The third-order valence-electron chi connectivity index (χ3n) is 2.52. The van der Waals surface area contributed by atoms with Gasteiger partial charge in [-0.05, 0) is 17.7 Å². The van der Waals surface area contributed by atoms with E-state index in [1.165, 1.54) is 0 Å². The maximum absolute atomic E-state index is 13.6. The number of non-ortho nitro benzene ring substituents is 1. The van der Waals surface area contributed by atoms with Crippen molar-refractivity contribution in [1.82, 2.24) is 10.3 Å². The highest BCUT2D eigenvalue weighted by Gasteiger charge is 2.15. The van der Waals surface area contributed by atoms with E-state index >= 15 is 0 Å². The maximum atomic E-state index is 13.6. The molecule has 2 rings (SSSR count). The van der Waals surface area contributed by atoms with Crippen LogP contribution in [0.1, 0.15) is 15.9 Å². The molecule has 0 aliphatic carbocycles. The summed E-state index contributed by atoms with van der Waals surface area (Å²) in [6, 6.07) is 4.69. The van der Waals surface area contributed by atoms with Crippen LogP contribution >= 0.6 is 0 Å². The lowest BCUT2D eigenvalue weighted by Crippen LogP contribution is -2.23. The average molecular weight is 263 g/mol. The highest BCUT2D eigenvalue weighted by molar-refractivity contribution is 5.94. The predicted octanol–water partition coefficient (Wildman–Crippen LogP) is 1.99. The van der Waals surface area contributed by atoms with Gasteiger partial charge in [0.1, 0.15) is 5.82 Å². The van der Waals surface area contributed by atoms with Gasteiger partial charge < -0.3 is 10.3 Å². The molecule has 0 unspecified atom stereocenters. The van der Waals surface area contributed by atoms with E-state index in [0.29, 0.717) is 0 Å². The topological polar surface area (TPSA) is 88.0 Å². The number of H-pyrrole nitrogens is 1. The van der Waals surface area contributed by atoms with Crippen LogP contribution in [-0.4, -0.2) is 15.8 Å². The number of aromatic nitrogens is 1. The van der Waals surface area contributed by atoms with Crippen molar-refractivity contribution in [1.29, 1.82) is 0 Å². The van der Waals surface area contributed by atoms with Crippen LogP contribution in [0.4, 0.5) is 10.1 Å². The number of nitro groups is 1. The van der Waals surface area contributed by atoms with Crippen LogP contribution < -0.4 is 5.32 Å². The van der Waals surface area contributed by atoms with E-state index in [1.807, 2.05) is 0 Å². The highest BCUT2D eigenvalue weighted by Crippen LogP contribution is 2.16. The zero-order chi connectivity index (χ0) is 13.8. The molecule has 1 heterocycles. The molecule has 6 nitrogen and oxygen atoms in total. The molecule has 2 aromatic rings. The number of hydrogen-bond donors (Lipinski definition) is 2. The number of amides is 1. The first-order valence-electron chi connectivity index (χ1n) is 5.42. The van der Waals surface area contributed by atoms with Crippen molar-refractivity contribution in [2.75, 3.05) is 0 Å². The number of carbonyl (C=O) groups excluding carboxylic acids is 1. The molecule has 1 aromatic carbocycles. The fourth-order valence-corrected chi connectivity index (χ4v) is 1.55. The monoisotopic (exact) mass is 263 g/mol. The summed E-state index contributed by atoms with van der Waals surface area (Å²) in [6.45, 7) is 0.249. The first-order chi connectivity index (χ1) is 9.08. The number of rotatable bonds is 4. The van der Waals surface area contributed by atoms with Gasteiger partial charge >= 0.3 is 0 Å². The molecule has 2 N–H and O–H groups in total. The van der Waals surface area contributed by atoms with Crippen molar-refractivity contribution in [3.05, 3.63) is 63.7 Å². The van der Waals surface area contributed by atoms with Gasteiger partial charge in [0.05, 0.1) is 16.6 Å². The summed E-state index contributed by atoms with van der Waals surface area (Å²) in [5.41, 5.74) is 0.233. The zero-order valence-electron chi connectivity index (χ0n) is 9.72. The van der Waals surface area contributed by atoms with Gasteiger partial charge in [0.2, 0.25) is 0 Å². The van der Waals surface area contributed by atoms with E-state index in [0.717, 1.165) is 23.8 Å². The zero-order valence-corrected chi connectivity index (χ0v) is 9.72. The van der Waals surface area contributed by atoms with E-state index in [4.69, 9.17) is 0 Å². The van der Waals surface area contributed by atoms with Gasteiger partial charge in [-0.25, -0.2) is 4.39 Å². The summed E-state index contributed by atoms with van der Waals surface area (Å²) >= 11 is 0. The second-order valence-corrected chi connectivity index (χ2v) is 3.82. The number of nitro benzene ring substituents is 1. The SMILES string of the molecule is O=C(NCc1cc[nH]c1)c1ccc([N+](=O)[O-])cc1F. The lowest BCUT2D eigenvalue weighted by Gasteiger charge is -2.04. The minimum Gasteiger partial charge on any atom is -0.367 e. The largest absolute Gasteiger partial charge is 0.367 e. The molecule has 19 heavy (non-hydrogen) atoms. The van der Waals surface area contributed by atoms with Crippen molar-refractivity contribution >= 4 is 11.6 Å². The Morgan fingerprint density at radius 2 is 2.21 bits per heavy atom. The molecule has 0 aliphatic rings. The van der Waals surface area contributed by atoms with Crippen LogP contribution in [0.15, 0.2) is 36.7 Å². The number of benzene rings is 1. The van der Waals surface area contributed by atoms with Gasteiger partial charge in [-0.2, -0.15) is 0 Å². The molecule has 98 valence electrons. The number of carbonyl (C=O) groups is 1. The summed E-state index contributed by atoms with van der Waals surface area (Å²) in [7, 11) is 0. The Kier molecular flexibility index (Phi) is 3.56. The van der Waals surface area contributed by atoms with Crippen molar-refractivity contribution in [2.45, 2.75) is 6.54 Å². The standard InChI is InChI=1S/C12H10FN3O3/c13-11-5-9(16(18)19)1-2-10(11)12(17)15-7-8-3-4-14-6-8/h1-6,14H,7H2,(H,15,17). The molecule has 0 fully saturated rings. The minimum absolute atomic E-state index is 0.221. The fourth-order valence-electron chi connectivity index (χ4n) is 1.55. The van der Waals surface area contributed by atoms with Gasteiger partial charge in [0.25, 0.3) is 11.6 Å². The molecule has 0 radical (unpaired) electrons. The van der Waals surface area contributed by atoms with E-state index in [9.17, 15) is 19.3 Å². The van der Waals surface area contributed by atoms with Crippen LogP contribution in [0.3, 0.4) is 0 Å². The minimum atomic E-state index is -0.916. The molecule has 1 aromatic heterocycles. The average Bonchev–Trinajstić information content (AvgIpc) is 2.88. The van der Waals surface area contributed by atoms with E-state index < -0.39 is 16.6 Å². The van der Waals surface area contributed by atoms with Crippen LogP contribution in [0, 0.1) is 15.9 Å². The Hall–Kier alpha value is -2.70. The summed E-state index contributed by atoms with van der Waals surface area (Å²) < 4.78 is 13.6.